The summed E-state index contributed by atoms with van der Waals surface area (Å²) in [4.78, 5) is 13.6. The average Bonchev–Trinajstić information content (AvgIpc) is 2.62. The summed E-state index contributed by atoms with van der Waals surface area (Å²) in [5, 5.41) is 3.60. The summed E-state index contributed by atoms with van der Waals surface area (Å²) in [5.41, 5.74) is 3.48. The van der Waals surface area contributed by atoms with E-state index in [4.69, 9.17) is 23.2 Å². The Labute approximate surface area is 180 Å². The van der Waals surface area contributed by atoms with Gasteiger partial charge in [0.25, 0.3) is 0 Å². The standard InChI is InChI=1S/C19H22Cl2N4O3S/c1-3-22-19(26)24-29(27,28)23-14-6-4-12(5-7-14)16-10-25(2)11-17-15(16)8-13(20)9-18(17)21/h4-9,16,23H,3,10-11H2,1-2H3,(H2,22,24,26). The fourth-order valence-corrected chi connectivity index (χ4v) is 4.80. The lowest BCUT2D eigenvalue weighted by atomic mass is 9.85. The number of carbonyl (C=O) groups excluding carboxylic acids is 1. The van der Waals surface area contributed by atoms with Crippen molar-refractivity contribution in [1.29, 1.82) is 0 Å². The van der Waals surface area contributed by atoms with Gasteiger partial charge in [0.15, 0.2) is 0 Å². The largest absolute Gasteiger partial charge is 0.338 e. The van der Waals surface area contributed by atoms with E-state index in [-0.39, 0.29) is 5.92 Å². The number of halogens is 2. The van der Waals surface area contributed by atoms with Crippen molar-refractivity contribution >= 4 is 45.1 Å². The van der Waals surface area contributed by atoms with Crippen LogP contribution in [0.4, 0.5) is 10.5 Å². The lowest BCUT2D eigenvalue weighted by Crippen LogP contribution is -2.42. The number of likely N-dealkylation sites (N-methyl/N-ethyl adjacent to an activating group) is 1. The highest BCUT2D eigenvalue weighted by Crippen LogP contribution is 2.38. The van der Waals surface area contributed by atoms with Crippen molar-refractivity contribution in [2.45, 2.75) is 19.4 Å². The molecule has 1 aliphatic heterocycles. The minimum absolute atomic E-state index is 0.0547. The topological polar surface area (TPSA) is 90.5 Å². The molecule has 156 valence electrons. The maximum atomic E-state index is 12.0. The molecule has 1 unspecified atom stereocenters. The van der Waals surface area contributed by atoms with Crippen LogP contribution in [0.25, 0.3) is 0 Å². The molecule has 2 aromatic rings. The van der Waals surface area contributed by atoms with E-state index in [1.807, 2.05) is 30.0 Å². The summed E-state index contributed by atoms with van der Waals surface area (Å²) in [6, 6.07) is 9.93. The van der Waals surface area contributed by atoms with Crippen molar-refractivity contribution < 1.29 is 13.2 Å². The second kappa shape index (κ2) is 8.79. The summed E-state index contributed by atoms with van der Waals surface area (Å²) < 4.78 is 28.3. The third kappa shape index (κ3) is 5.33. The predicted octanol–water partition coefficient (Wildman–Crippen LogP) is 3.55. The van der Waals surface area contributed by atoms with Gasteiger partial charge in [0.1, 0.15) is 0 Å². The fraction of sp³-hybridized carbons (Fsp3) is 0.316. The number of anilines is 1. The molecule has 2 amide bonds. The number of urea groups is 1. The number of hydrogen-bond acceptors (Lipinski definition) is 4. The number of hydrogen-bond donors (Lipinski definition) is 3. The minimum atomic E-state index is -4.02. The molecule has 10 heteroatoms. The normalized spacial score (nSPS) is 16.8. The highest BCUT2D eigenvalue weighted by atomic mass is 35.5. The van der Waals surface area contributed by atoms with Crippen molar-refractivity contribution in [2.75, 3.05) is 24.9 Å². The second-order valence-corrected chi connectivity index (χ2v) is 9.15. The first-order chi connectivity index (χ1) is 13.7. The van der Waals surface area contributed by atoms with Crippen molar-refractivity contribution in [1.82, 2.24) is 14.9 Å². The Kier molecular flexibility index (Phi) is 6.58. The van der Waals surface area contributed by atoms with Crippen molar-refractivity contribution in [2.24, 2.45) is 0 Å². The van der Waals surface area contributed by atoms with Gasteiger partial charge in [0.2, 0.25) is 0 Å². The van der Waals surface area contributed by atoms with Crippen LogP contribution in [0.1, 0.15) is 29.5 Å². The van der Waals surface area contributed by atoms with Crippen LogP contribution in [-0.2, 0) is 16.8 Å². The first kappa shape index (κ1) is 21.7. The molecule has 3 rings (SSSR count). The SMILES string of the molecule is CCNC(=O)NS(=O)(=O)Nc1ccc(C2CN(C)Cc3c(Cl)cc(Cl)cc32)cc1. The van der Waals surface area contributed by atoms with Crippen LogP contribution in [0, 0.1) is 0 Å². The van der Waals surface area contributed by atoms with Crippen molar-refractivity contribution in [3.05, 3.63) is 63.1 Å². The molecule has 0 fully saturated rings. The highest BCUT2D eigenvalue weighted by molar-refractivity contribution is 7.91. The Balaban J connectivity index is 1.82. The van der Waals surface area contributed by atoms with Crippen LogP contribution >= 0.6 is 23.2 Å². The Bertz CT molecular complexity index is 1010. The molecule has 1 heterocycles. The first-order valence-electron chi connectivity index (χ1n) is 9.03. The van der Waals surface area contributed by atoms with Gasteiger partial charge < -0.3 is 10.2 Å². The molecule has 0 aliphatic carbocycles. The number of amides is 2. The summed E-state index contributed by atoms with van der Waals surface area (Å²) in [7, 11) is -1.99. The molecule has 0 saturated heterocycles. The van der Waals surface area contributed by atoms with E-state index in [9.17, 15) is 13.2 Å². The average molecular weight is 457 g/mol. The molecule has 0 radical (unpaired) electrons. The van der Waals surface area contributed by atoms with Gasteiger partial charge in [-0.05, 0) is 54.9 Å². The third-order valence-corrected chi connectivity index (χ3v) is 6.14. The number of fused-ring (bicyclic) bond motifs is 1. The van der Waals surface area contributed by atoms with Gasteiger partial charge >= 0.3 is 16.2 Å². The van der Waals surface area contributed by atoms with E-state index in [1.165, 1.54) is 0 Å². The number of nitrogens with one attached hydrogen (secondary N) is 3. The zero-order valence-electron chi connectivity index (χ0n) is 16.0. The molecular weight excluding hydrogens is 435 g/mol. The van der Waals surface area contributed by atoms with Crippen LogP contribution in [0.3, 0.4) is 0 Å². The van der Waals surface area contributed by atoms with Gasteiger partial charge in [-0.3, -0.25) is 4.72 Å². The Hall–Kier alpha value is -2.00. The Morgan fingerprint density at radius 1 is 1.21 bits per heavy atom. The summed E-state index contributed by atoms with van der Waals surface area (Å²) in [6.07, 6.45) is 0. The molecule has 0 saturated carbocycles. The van der Waals surface area contributed by atoms with Gasteiger partial charge in [-0.25, -0.2) is 9.52 Å². The number of carbonyl (C=O) groups is 1. The molecule has 29 heavy (non-hydrogen) atoms. The molecule has 0 aromatic heterocycles. The van der Waals surface area contributed by atoms with E-state index in [0.29, 0.717) is 22.3 Å². The van der Waals surface area contributed by atoms with E-state index < -0.39 is 16.2 Å². The van der Waals surface area contributed by atoms with Crippen LogP contribution in [-0.4, -0.2) is 39.5 Å². The minimum Gasteiger partial charge on any atom is -0.338 e. The number of nitrogens with zero attached hydrogens (tertiary/aromatic N) is 1. The Morgan fingerprint density at radius 2 is 1.90 bits per heavy atom. The van der Waals surface area contributed by atoms with Crippen LogP contribution in [0.15, 0.2) is 36.4 Å². The predicted molar refractivity (Wildman–Crippen MR) is 116 cm³/mol. The molecule has 1 aliphatic rings. The van der Waals surface area contributed by atoms with Crippen molar-refractivity contribution in [3.63, 3.8) is 0 Å². The first-order valence-corrected chi connectivity index (χ1v) is 11.3. The molecular formula is C19H22Cl2N4O3S. The van der Waals surface area contributed by atoms with Crippen LogP contribution in [0.5, 0.6) is 0 Å². The van der Waals surface area contributed by atoms with Gasteiger partial charge in [-0.2, -0.15) is 8.42 Å². The van der Waals surface area contributed by atoms with Gasteiger partial charge in [0.05, 0.1) is 5.69 Å². The van der Waals surface area contributed by atoms with Crippen LogP contribution < -0.4 is 14.8 Å². The third-order valence-electron chi connectivity index (χ3n) is 4.62. The summed E-state index contributed by atoms with van der Waals surface area (Å²) in [6.45, 7) is 3.54. The zero-order chi connectivity index (χ0) is 21.2. The lowest BCUT2D eigenvalue weighted by molar-refractivity contribution is 0.246. The molecule has 7 nitrogen and oxygen atoms in total. The van der Waals surface area contributed by atoms with Gasteiger partial charge in [-0.1, -0.05) is 35.3 Å². The van der Waals surface area contributed by atoms with Crippen molar-refractivity contribution in [3.8, 4) is 0 Å². The van der Waals surface area contributed by atoms with Crippen LogP contribution in [0.2, 0.25) is 10.0 Å². The highest BCUT2D eigenvalue weighted by Gasteiger charge is 2.27. The quantitative estimate of drug-likeness (QED) is 0.641. The van der Waals surface area contributed by atoms with Gasteiger partial charge in [-0.15, -0.1) is 0 Å². The van der Waals surface area contributed by atoms with Gasteiger partial charge in [0, 0.05) is 35.6 Å². The maximum Gasteiger partial charge on any atom is 0.329 e. The lowest BCUT2D eigenvalue weighted by Gasteiger charge is -2.33. The molecule has 3 N–H and O–H groups in total. The second-order valence-electron chi connectivity index (χ2n) is 6.89. The van der Waals surface area contributed by atoms with E-state index in [1.54, 1.807) is 25.1 Å². The molecule has 0 spiro atoms. The molecule has 2 aromatic carbocycles. The molecule has 1 atom stereocenters. The maximum absolute atomic E-state index is 12.0. The summed E-state index contributed by atoms with van der Waals surface area (Å²) in [5.74, 6) is 0.0547. The zero-order valence-corrected chi connectivity index (χ0v) is 18.3. The van der Waals surface area contributed by atoms with E-state index >= 15 is 0 Å². The monoisotopic (exact) mass is 456 g/mol. The molecule has 0 bridgehead atoms. The smallest absolute Gasteiger partial charge is 0.329 e. The van der Waals surface area contributed by atoms with E-state index in [0.717, 1.165) is 29.8 Å². The number of benzene rings is 2. The van der Waals surface area contributed by atoms with E-state index in [2.05, 4.69) is 14.9 Å². The fourth-order valence-electron chi connectivity index (χ4n) is 3.41. The Morgan fingerprint density at radius 3 is 2.55 bits per heavy atom. The number of rotatable bonds is 5. The summed E-state index contributed by atoms with van der Waals surface area (Å²) >= 11 is 12.6.